The van der Waals surface area contributed by atoms with Crippen molar-refractivity contribution in [1.82, 2.24) is 5.32 Å². The minimum atomic E-state index is 0.169. The lowest BCUT2D eigenvalue weighted by Gasteiger charge is -2.46. The van der Waals surface area contributed by atoms with E-state index >= 15 is 0 Å². The Morgan fingerprint density at radius 3 is 2.70 bits per heavy atom. The van der Waals surface area contributed by atoms with Crippen molar-refractivity contribution in [1.29, 1.82) is 0 Å². The van der Waals surface area contributed by atoms with Crippen LogP contribution < -0.4 is 10.2 Å². The Hall–Kier alpha value is -1.54. The summed E-state index contributed by atoms with van der Waals surface area (Å²) in [6.45, 7) is 8.98. The van der Waals surface area contributed by atoms with E-state index in [0.717, 1.165) is 13.1 Å². The Labute approximate surface area is 121 Å². The molecule has 0 amide bonds. The third kappa shape index (κ3) is 2.40. The molecule has 3 rings (SSSR count). The average Bonchev–Trinajstić information content (AvgIpc) is 2.46. The fourth-order valence-corrected chi connectivity index (χ4v) is 3.22. The number of fused-ring (bicyclic) bond motifs is 1. The first-order valence-electron chi connectivity index (χ1n) is 7.60. The predicted molar refractivity (Wildman–Crippen MR) is 87.5 cm³/mol. The molecular formula is C18H24N2. The van der Waals surface area contributed by atoms with Crippen LogP contribution in [0.2, 0.25) is 0 Å². The smallest absolute Gasteiger partial charge is 0.0449 e. The molecule has 0 radical (unpaired) electrons. The summed E-state index contributed by atoms with van der Waals surface area (Å²) in [4.78, 5) is 2.60. The van der Waals surface area contributed by atoms with Crippen molar-refractivity contribution in [2.24, 2.45) is 0 Å². The van der Waals surface area contributed by atoms with Crippen molar-refractivity contribution < 1.29 is 0 Å². The molecule has 1 aliphatic heterocycles. The van der Waals surface area contributed by atoms with Gasteiger partial charge in [-0.2, -0.15) is 0 Å². The van der Waals surface area contributed by atoms with E-state index in [1.165, 1.54) is 22.9 Å². The van der Waals surface area contributed by atoms with Crippen molar-refractivity contribution in [2.75, 3.05) is 18.0 Å². The lowest BCUT2D eigenvalue weighted by Crippen LogP contribution is -2.61. The SMILES string of the molecule is CCC1CNC(C)(C)CN1c1cccc2ccccc12. The summed E-state index contributed by atoms with van der Waals surface area (Å²) < 4.78 is 0. The van der Waals surface area contributed by atoms with Crippen LogP contribution in [0.4, 0.5) is 5.69 Å². The first-order chi connectivity index (χ1) is 9.61. The molecule has 2 heteroatoms. The van der Waals surface area contributed by atoms with Gasteiger partial charge in [0.15, 0.2) is 0 Å². The molecule has 1 fully saturated rings. The molecule has 1 aliphatic rings. The van der Waals surface area contributed by atoms with Gasteiger partial charge < -0.3 is 10.2 Å². The maximum atomic E-state index is 3.67. The molecule has 20 heavy (non-hydrogen) atoms. The van der Waals surface area contributed by atoms with Crippen LogP contribution in [0, 0.1) is 0 Å². The van der Waals surface area contributed by atoms with E-state index in [1.54, 1.807) is 0 Å². The van der Waals surface area contributed by atoms with Crippen LogP contribution in [0.25, 0.3) is 10.8 Å². The molecule has 0 aliphatic carbocycles. The number of hydrogen-bond acceptors (Lipinski definition) is 2. The molecule has 1 atom stereocenters. The monoisotopic (exact) mass is 268 g/mol. The van der Waals surface area contributed by atoms with Crippen LogP contribution in [-0.2, 0) is 0 Å². The number of nitrogens with zero attached hydrogens (tertiary/aromatic N) is 1. The summed E-state index contributed by atoms with van der Waals surface area (Å²) in [5, 5.41) is 6.36. The maximum absolute atomic E-state index is 3.67. The summed E-state index contributed by atoms with van der Waals surface area (Å²) in [7, 11) is 0. The molecule has 0 saturated carbocycles. The average molecular weight is 268 g/mol. The molecule has 2 aromatic rings. The highest BCUT2D eigenvalue weighted by Gasteiger charge is 2.32. The van der Waals surface area contributed by atoms with E-state index in [1.807, 2.05) is 0 Å². The van der Waals surface area contributed by atoms with Gasteiger partial charge in [0, 0.05) is 35.7 Å². The van der Waals surface area contributed by atoms with Crippen LogP contribution >= 0.6 is 0 Å². The molecule has 0 bridgehead atoms. The highest BCUT2D eigenvalue weighted by atomic mass is 15.3. The first-order valence-corrected chi connectivity index (χ1v) is 7.60. The molecule has 106 valence electrons. The van der Waals surface area contributed by atoms with Gasteiger partial charge in [0.1, 0.15) is 0 Å². The molecule has 0 spiro atoms. The van der Waals surface area contributed by atoms with E-state index in [4.69, 9.17) is 0 Å². The number of rotatable bonds is 2. The number of nitrogens with one attached hydrogen (secondary N) is 1. The first kappa shape index (κ1) is 13.4. The topological polar surface area (TPSA) is 15.3 Å². The van der Waals surface area contributed by atoms with Crippen LogP contribution in [0.5, 0.6) is 0 Å². The molecule has 1 heterocycles. The Balaban J connectivity index is 2.07. The fraction of sp³-hybridized carbons (Fsp3) is 0.444. The fourth-order valence-electron chi connectivity index (χ4n) is 3.22. The zero-order chi connectivity index (χ0) is 14.2. The largest absolute Gasteiger partial charge is 0.365 e. The van der Waals surface area contributed by atoms with Gasteiger partial charge in [-0.3, -0.25) is 0 Å². The number of anilines is 1. The summed E-state index contributed by atoms with van der Waals surface area (Å²) in [6, 6.07) is 15.9. The molecule has 2 nitrogen and oxygen atoms in total. The normalized spacial score (nSPS) is 22.1. The van der Waals surface area contributed by atoms with Crippen LogP contribution in [-0.4, -0.2) is 24.7 Å². The predicted octanol–water partition coefficient (Wildman–Crippen LogP) is 3.81. The summed E-state index contributed by atoms with van der Waals surface area (Å²) in [5.74, 6) is 0. The van der Waals surface area contributed by atoms with Gasteiger partial charge in [0.2, 0.25) is 0 Å². The van der Waals surface area contributed by atoms with Gasteiger partial charge in [-0.1, -0.05) is 43.3 Å². The molecular weight excluding hydrogens is 244 g/mol. The van der Waals surface area contributed by atoms with Crippen LogP contribution in [0.15, 0.2) is 42.5 Å². The standard InChI is InChI=1S/C18H24N2/c1-4-15-12-19-18(2,3)13-20(15)17-11-7-9-14-8-5-6-10-16(14)17/h5-11,15,19H,4,12-13H2,1-3H3. The molecule has 1 saturated heterocycles. The molecule has 0 aromatic heterocycles. The Morgan fingerprint density at radius 1 is 1.15 bits per heavy atom. The van der Waals surface area contributed by atoms with Crippen LogP contribution in [0.3, 0.4) is 0 Å². The zero-order valence-electron chi connectivity index (χ0n) is 12.7. The molecule has 2 aromatic carbocycles. The van der Waals surface area contributed by atoms with E-state index < -0.39 is 0 Å². The maximum Gasteiger partial charge on any atom is 0.0449 e. The number of benzene rings is 2. The zero-order valence-corrected chi connectivity index (χ0v) is 12.7. The second kappa shape index (κ2) is 5.10. The highest BCUT2D eigenvalue weighted by molar-refractivity contribution is 5.94. The highest BCUT2D eigenvalue weighted by Crippen LogP contribution is 2.31. The quantitative estimate of drug-likeness (QED) is 0.891. The Bertz CT molecular complexity index is 598. The van der Waals surface area contributed by atoms with Crippen molar-refractivity contribution in [3.05, 3.63) is 42.5 Å². The second-order valence-electron chi connectivity index (χ2n) is 6.45. The second-order valence-corrected chi connectivity index (χ2v) is 6.45. The van der Waals surface area contributed by atoms with E-state index in [9.17, 15) is 0 Å². The molecule has 1 unspecified atom stereocenters. The molecule has 1 N–H and O–H groups in total. The lowest BCUT2D eigenvalue weighted by molar-refractivity contribution is 0.306. The van der Waals surface area contributed by atoms with Crippen molar-refractivity contribution in [2.45, 2.75) is 38.8 Å². The summed E-state index contributed by atoms with van der Waals surface area (Å²) in [6.07, 6.45) is 1.17. The minimum absolute atomic E-state index is 0.169. The van der Waals surface area contributed by atoms with Crippen molar-refractivity contribution in [3.63, 3.8) is 0 Å². The van der Waals surface area contributed by atoms with Gasteiger partial charge >= 0.3 is 0 Å². The Morgan fingerprint density at radius 2 is 1.90 bits per heavy atom. The van der Waals surface area contributed by atoms with Gasteiger partial charge in [-0.15, -0.1) is 0 Å². The van der Waals surface area contributed by atoms with Gasteiger partial charge in [-0.05, 0) is 31.7 Å². The van der Waals surface area contributed by atoms with Crippen LogP contribution in [0.1, 0.15) is 27.2 Å². The van der Waals surface area contributed by atoms with Gasteiger partial charge in [-0.25, -0.2) is 0 Å². The number of piperazine rings is 1. The number of hydrogen-bond donors (Lipinski definition) is 1. The van der Waals surface area contributed by atoms with Crippen molar-refractivity contribution in [3.8, 4) is 0 Å². The van der Waals surface area contributed by atoms with E-state index in [2.05, 4.69) is 73.5 Å². The van der Waals surface area contributed by atoms with Gasteiger partial charge in [0.05, 0.1) is 0 Å². The third-order valence-electron chi connectivity index (χ3n) is 4.37. The summed E-state index contributed by atoms with van der Waals surface area (Å²) >= 11 is 0. The minimum Gasteiger partial charge on any atom is -0.365 e. The van der Waals surface area contributed by atoms with Gasteiger partial charge in [0.25, 0.3) is 0 Å². The third-order valence-corrected chi connectivity index (χ3v) is 4.37. The van der Waals surface area contributed by atoms with E-state index in [0.29, 0.717) is 6.04 Å². The Kier molecular flexibility index (Phi) is 3.43. The lowest BCUT2D eigenvalue weighted by atomic mass is 9.95. The van der Waals surface area contributed by atoms with Crippen molar-refractivity contribution >= 4 is 16.5 Å². The van der Waals surface area contributed by atoms with E-state index in [-0.39, 0.29) is 5.54 Å². The summed E-state index contributed by atoms with van der Waals surface area (Å²) in [5.41, 5.74) is 1.55.